The van der Waals surface area contributed by atoms with Crippen LogP contribution in [0.4, 0.5) is 0 Å². The van der Waals surface area contributed by atoms with E-state index in [1.165, 1.54) is 38.6 Å². The maximum Gasteiger partial charge on any atom is 0.160 e. The van der Waals surface area contributed by atoms with E-state index in [4.69, 9.17) is 9.97 Å². The Balaban J connectivity index is 1.40. The second-order valence-corrected chi connectivity index (χ2v) is 9.80. The SMILES string of the molecule is c1ccc(-c2cc3cc4c(nc3nc2-c2ccccc2)-c2cccc3c(-c5ccccc5)ccc-4c23)cc1. The monoisotopic (exact) mass is 482 g/mol. The minimum absolute atomic E-state index is 0.773. The van der Waals surface area contributed by atoms with E-state index in [2.05, 4.69) is 127 Å². The van der Waals surface area contributed by atoms with E-state index in [1.54, 1.807) is 0 Å². The van der Waals surface area contributed by atoms with Crippen molar-refractivity contribution in [3.05, 3.63) is 133 Å². The maximum absolute atomic E-state index is 5.21. The van der Waals surface area contributed by atoms with Gasteiger partial charge in [-0.05, 0) is 45.2 Å². The first-order valence-corrected chi connectivity index (χ1v) is 12.9. The minimum Gasteiger partial charge on any atom is -0.227 e. The molecule has 2 heterocycles. The molecule has 0 atom stereocenters. The molecule has 0 saturated heterocycles. The summed E-state index contributed by atoms with van der Waals surface area (Å²) in [4.78, 5) is 10.4. The number of benzene rings is 5. The largest absolute Gasteiger partial charge is 0.227 e. The van der Waals surface area contributed by atoms with E-state index >= 15 is 0 Å². The van der Waals surface area contributed by atoms with Crippen LogP contribution >= 0.6 is 0 Å². The maximum atomic E-state index is 5.21. The van der Waals surface area contributed by atoms with Gasteiger partial charge in [0.25, 0.3) is 0 Å². The van der Waals surface area contributed by atoms with Crippen molar-refractivity contribution >= 4 is 21.8 Å². The molecule has 0 fully saturated rings. The fourth-order valence-corrected chi connectivity index (χ4v) is 5.87. The van der Waals surface area contributed by atoms with Gasteiger partial charge in [-0.2, -0.15) is 0 Å². The third-order valence-electron chi connectivity index (χ3n) is 7.61. The van der Waals surface area contributed by atoms with E-state index in [0.717, 1.165) is 39.1 Å². The summed E-state index contributed by atoms with van der Waals surface area (Å²) in [5, 5.41) is 3.59. The Morgan fingerprint density at radius 3 is 1.66 bits per heavy atom. The van der Waals surface area contributed by atoms with Crippen molar-refractivity contribution in [3.8, 4) is 55.9 Å². The molecule has 2 heteroatoms. The lowest BCUT2D eigenvalue weighted by Gasteiger charge is -2.12. The molecule has 1 aliphatic rings. The van der Waals surface area contributed by atoms with Crippen molar-refractivity contribution in [2.24, 2.45) is 0 Å². The summed E-state index contributed by atoms with van der Waals surface area (Å²) in [5.74, 6) is 0. The van der Waals surface area contributed by atoms with Gasteiger partial charge in [0.2, 0.25) is 0 Å². The van der Waals surface area contributed by atoms with Crippen LogP contribution in [-0.4, -0.2) is 9.97 Å². The zero-order chi connectivity index (χ0) is 25.1. The molecule has 0 amide bonds. The molecule has 38 heavy (non-hydrogen) atoms. The van der Waals surface area contributed by atoms with Crippen molar-refractivity contribution < 1.29 is 0 Å². The fraction of sp³-hybridized carbons (Fsp3) is 0. The van der Waals surface area contributed by atoms with Crippen LogP contribution in [0.25, 0.3) is 77.7 Å². The zero-order valence-electron chi connectivity index (χ0n) is 20.6. The molecule has 0 N–H and O–H groups in total. The molecule has 0 bridgehead atoms. The first-order valence-electron chi connectivity index (χ1n) is 12.9. The summed E-state index contributed by atoms with van der Waals surface area (Å²) in [7, 11) is 0. The topological polar surface area (TPSA) is 25.8 Å². The highest BCUT2D eigenvalue weighted by atomic mass is 14.9. The van der Waals surface area contributed by atoms with E-state index in [9.17, 15) is 0 Å². The lowest BCUT2D eigenvalue weighted by Crippen LogP contribution is -1.95. The molecule has 0 saturated carbocycles. The smallest absolute Gasteiger partial charge is 0.160 e. The molecule has 5 aromatic carbocycles. The molecule has 8 rings (SSSR count). The predicted octanol–water partition coefficient (Wildman–Crippen LogP) is 9.43. The summed E-state index contributed by atoms with van der Waals surface area (Å²) in [6, 6.07) is 47.2. The Labute approximate surface area is 220 Å². The van der Waals surface area contributed by atoms with Gasteiger partial charge >= 0.3 is 0 Å². The van der Waals surface area contributed by atoms with Crippen molar-refractivity contribution in [3.63, 3.8) is 0 Å². The number of pyridine rings is 2. The highest BCUT2D eigenvalue weighted by Gasteiger charge is 2.25. The van der Waals surface area contributed by atoms with Crippen LogP contribution in [-0.2, 0) is 0 Å². The van der Waals surface area contributed by atoms with Crippen LogP contribution in [0.2, 0.25) is 0 Å². The molecule has 0 radical (unpaired) electrons. The molecule has 7 aromatic rings. The van der Waals surface area contributed by atoms with Gasteiger partial charge in [0.15, 0.2) is 5.65 Å². The number of hydrogen-bond donors (Lipinski definition) is 0. The third kappa shape index (κ3) is 3.14. The molecule has 0 aliphatic heterocycles. The van der Waals surface area contributed by atoms with Crippen LogP contribution in [0.3, 0.4) is 0 Å². The molecule has 0 unspecified atom stereocenters. The standard InChI is InChI=1S/C36H22N2/c1-4-11-23(12-5-1)27-19-20-29-32-22-26-21-31(24-13-6-2-7-14-24)34(25-15-8-3-9-16-25)37-36(26)38-35(32)30-18-10-17-28(27)33(29)30/h1-22H. The highest BCUT2D eigenvalue weighted by molar-refractivity contribution is 6.19. The fourth-order valence-electron chi connectivity index (χ4n) is 5.87. The number of hydrogen-bond acceptors (Lipinski definition) is 2. The van der Waals surface area contributed by atoms with E-state index in [1.807, 2.05) is 6.07 Å². The van der Waals surface area contributed by atoms with Crippen LogP contribution in [0, 0.1) is 0 Å². The Hall–Kier alpha value is -5.08. The number of fused-ring (bicyclic) bond motifs is 4. The van der Waals surface area contributed by atoms with Crippen LogP contribution < -0.4 is 0 Å². The van der Waals surface area contributed by atoms with Crippen molar-refractivity contribution in [2.45, 2.75) is 0 Å². The van der Waals surface area contributed by atoms with Crippen LogP contribution in [0.5, 0.6) is 0 Å². The molecular formula is C36H22N2. The summed E-state index contributed by atoms with van der Waals surface area (Å²) < 4.78 is 0. The first kappa shape index (κ1) is 21.0. The third-order valence-corrected chi connectivity index (χ3v) is 7.61. The normalized spacial score (nSPS) is 11.7. The average molecular weight is 483 g/mol. The molecule has 2 aromatic heterocycles. The van der Waals surface area contributed by atoms with Gasteiger partial charge in [-0.1, -0.05) is 121 Å². The highest BCUT2D eigenvalue weighted by Crippen LogP contribution is 2.49. The van der Waals surface area contributed by atoms with Crippen LogP contribution in [0.1, 0.15) is 0 Å². The summed E-state index contributed by atoms with van der Waals surface area (Å²) in [5.41, 5.74) is 12.2. The second kappa shape index (κ2) is 8.22. The Bertz CT molecular complexity index is 1900. The van der Waals surface area contributed by atoms with Gasteiger partial charge in [-0.15, -0.1) is 0 Å². The Kier molecular flexibility index (Phi) is 4.55. The summed E-state index contributed by atoms with van der Waals surface area (Å²) in [6.07, 6.45) is 0. The summed E-state index contributed by atoms with van der Waals surface area (Å²) in [6.45, 7) is 0. The average Bonchev–Trinajstić information content (AvgIpc) is 3.31. The Morgan fingerprint density at radius 1 is 0.368 bits per heavy atom. The number of nitrogens with zero attached hydrogens (tertiary/aromatic N) is 2. The first-order chi connectivity index (χ1) is 18.8. The number of rotatable bonds is 3. The van der Waals surface area contributed by atoms with Gasteiger partial charge < -0.3 is 0 Å². The molecule has 0 spiro atoms. The molecule has 1 aliphatic carbocycles. The van der Waals surface area contributed by atoms with Gasteiger partial charge in [-0.3, -0.25) is 0 Å². The second-order valence-electron chi connectivity index (χ2n) is 9.80. The van der Waals surface area contributed by atoms with Crippen molar-refractivity contribution in [1.82, 2.24) is 9.97 Å². The molecular weight excluding hydrogens is 460 g/mol. The predicted molar refractivity (Wildman–Crippen MR) is 158 cm³/mol. The van der Waals surface area contributed by atoms with E-state index in [0.29, 0.717) is 0 Å². The quantitative estimate of drug-likeness (QED) is 0.251. The molecule has 176 valence electrons. The lowest BCUT2D eigenvalue weighted by atomic mass is 9.94. The van der Waals surface area contributed by atoms with Gasteiger partial charge in [-0.25, -0.2) is 9.97 Å². The minimum atomic E-state index is 0.773. The lowest BCUT2D eigenvalue weighted by molar-refractivity contribution is 1.30. The van der Waals surface area contributed by atoms with Gasteiger partial charge in [0.05, 0.1) is 11.4 Å². The zero-order valence-corrected chi connectivity index (χ0v) is 20.6. The molecule has 2 nitrogen and oxygen atoms in total. The van der Waals surface area contributed by atoms with Gasteiger partial charge in [0, 0.05) is 27.6 Å². The van der Waals surface area contributed by atoms with Gasteiger partial charge in [0.1, 0.15) is 0 Å². The van der Waals surface area contributed by atoms with Crippen LogP contribution in [0.15, 0.2) is 133 Å². The van der Waals surface area contributed by atoms with Crippen molar-refractivity contribution in [1.29, 1.82) is 0 Å². The summed E-state index contributed by atoms with van der Waals surface area (Å²) >= 11 is 0. The van der Waals surface area contributed by atoms with E-state index < -0.39 is 0 Å². The van der Waals surface area contributed by atoms with Crippen molar-refractivity contribution in [2.75, 3.05) is 0 Å². The van der Waals surface area contributed by atoms with E-state index in [-0.39, 0.29) is 0 Å². The number of aromatic nitrogens is 2. The Morgan fingerprint density at radius 2 is 0.947 bits per heavy atom.